The number of thiophene rings is 1. The highest BCUT2D eigenvalue weighted by atomic mass is 32.1. The summed E-state index contributed by atoms with van der Waals surface area (Å²) in [7, 11) is 0. The highest BCUT2D eigenvalue weighted by Gasteiger charge is 2.39. The predicted octanol–water partition coefficient (Wildman–Crippen LogP) is 7.51. The molecule has 0 unspecified atom stereocenters. The van der Waals surface area contributed by atoms with Gasteiger partial charge in [-0.25, -0.2) is 0 Å². The van der Waals surface area contributed by atoms with E-state index in [0.717, 1.165) is 26.5 Å². The fraction of sp³-hybridized carbons (Fsp3) is 0.379. The Hall–Kier alpha value is -3.34. The number of alkyl halides is 6. The molecule has 4 nitrogen and oxygen atoms in total. The molecule has 0 bridgehead atoms. The Balaban J connectivity index is 1.70. The Morgan fingerprint density at radius 2 is 1.60 bits per heavy atom. The van der Waals surface area contributed by atoms with E-state index < -0.39 is 59.5 Å². The van der Waals surface area contributed by atoms with Gasteiger partial charge < -0.3 is 9.80 Å². The zero-order valence-electron chi connectivity index (χ0n) is 22.1. The molecule has 0 spiro atoms. The van der Waals surface area contributed by atoms with E-state index in [-0.39, 0.29) is 6.07 Å². The lowest BCUT2D eigenvalue weighted by Crippen LogP contribution is -2.49. The Morgan fingerprint density at radius 1 is 1.00 bits per heavy atom. The molecule has 11 heteroatoms. The van der Waals surface area contributed by atoms with Crippen molar-refractivity contribution in [2.45, 2.75) is 58.0 Å². The van der Waals surface area contributed by atoms with Gasteiger partial charge in [0.1, 0.15) is 6.54 Å². The third-order valence-electron chi connectivity index (χ3n) is 7.20. The van der Waals surface area contributed by atoms with E-state index in [1.807, 2.05) is 42.6 Å². The largest absolute Gasteiger partial charge is 0.416 e. The smallest absolute Gasteiger partial charge is 0.330 e. The summed E-state index contributed by atoms with van der Waals surface area (Å²) in [4.78, 5) is 31.1. The molecule has 1 aromatic heterocycles. The molecule has 214 valence electrons. The van der Waals surface area contributed by atoms with Crippen LogP contribution in [-0.2, 0) is 23.6 Å². The topological polar surface area (TPSA) is 40.6 Å². The van der Waals surface area contributed by atoms with E-state index in [1.165, 1.54) is 0 Å². The normalized spacial score (nSPS) is 16.4. The summed E-state index contributed by atoms with van der Waals surface area (Å²) in [5.41, 5.74) is -1.07. The molecule has 2 aromatic carbocycles. The van der Waals surface area contributed by atoms with E-state index in [9.17, 15) is 35.9 Å². The molecular formula is C29H28F6N2O2S. The van der Waals surface area contributed by atoms with Gasteiger partial charge in [0.25, 0.3) is 5.91 Å². The summed E-state index contributed by atoms with van der Waals surface area (Å²) in [6.07, 6.45) is -9.26. The third kappa shape index (κ3) is 6.19. The van der Waals surface area contributed by atoms with Gasteiger partial charge in [-0.3, -0.25) is 9.59 Å². The zero-order chi connectivity index (χ0) is 29.4. The molecule has 0 saturated carbocycles. The molecule has 4 rings (SSSR count). The van der Waals surface area contributed by atoms with Gasteiger partial charge in [0.15, 0.2) is 0 Å². The number of nitrogens with zero attached hydrogens (tertiary/aromatic N) is 2. The monoisotopic (exact) mass is 582 g/mol. The number of rotatable bonds is 6. The summed E-state index contributed by atoms with van der Waals surface area (Å²) < 4.78 is 80.7. The standard InChI is InChI=1S/C29H28F6N2O2S/c1-4-18(3)37(27(39)20-13-21(28(30,31)32)15-22(14-20)29(33,34)35)16-25(38)36-11-9-24-23(10-12-40-24)26(36)19-7-5-17(2)6-8-19/h5-8,10,12-15,18,26H,4,9,11,16H2,1-3H3/t18-,26+/m0/s1. The van der Waals surface area contributed by atoms with E-state index in [0.29, 0.717) is 31.5 Å². The van der Waals surface area contributed by atoms with Gasteiger partial charge in [-0.05, 0) is 67.5 Å². The van der Waals surface area contributed by atoms with Crippen LogP contribution < -0.4 is 0 Å². The summed E-state index contributed by atoms with van der Waals surface area (Å²) in [6, 6.07) is 9.39. The van der Waals surface area contributed by atoms with Crippen LogP contribution in [0.2, 0.25) is 0 Å². The first-order valence-corrected chi connectivity index (χ1v) is 13.6. The van der Waals surface area contributed by atoms with Gasteiger partial charge in [0.05, 0.1) is 17.2 Å². The van der Waals surface area contributed by atoms with Gasteiger partial charge in [-0.15, -0.1) is 11.3 Å². The minimum absolute atomic E-state index is 0.0200. The lowest BCUT2D eigenvalue weighted by Gasteiger charge is -2.38. The van der Waals surface area contributed by atoms with Crippen molar-refractivity contribution in [2.75, 3.05) is 13.1 Å². The lowest BCUT2D eigenvalue weighted by molar-refractivity contribution is -0.143. The second kappa shape index (κ2) is 11.3. The molecule has 3 aromatic rings. The minimum Gasteiger partial charge on any atom is -0.330 e. The molecule has 2 heterocycles. The van der Waals surface area contributed by atoms with Gasteiger partial charge in [-0.1, -0.05) is 36.8 Å². The maximum atomic E-state index is 13.8. The molecule has 0 N–H and O–H groups in total. The first-order valence-electron chi connectivity index (χ1n) is 12.7. The summed E-state index contributed by atoms with van der Waals surface area (Å²) in [5, 5.41) is 1.95. The molecule has 2 amide bonds. The minimum atomic E-state index is -5.10. The molecular weight excluding hydrogens is 554 g/mol. The summed E-state index contributed by atoms with van der Waals surface area (Å²) in [6.45, 7) is 5.13. The van der Waals surface area contributed by atoms with Crippen LogP contribution in [-0.4, -0.2) is 40.7 Å². The first kappa shape index (κ1) is 29.6. The van der Waals surface area contributed by atoms with Gasteiger partial charge in [0, 0.05) is 23.0 Å². The van der Waals surface area contributed by atoms with Gasteiger partial charge in [0.2, 0.25) is 5.91 Å². The number of fused-ring (bicyclic) bond motifs is 1. The number of halogens is 6. The SMILES string of the molecule is CC[C@H](C)N(CC(=O)N1CCc2sccc2[C@H]1c1ccc(C)cc1)C(=O)c1cc(C(F)(F)F)cc(C(F)(F)F)c1. The predicted molar refractivity (Wildman–Crippen MR) is 140 cm³/mol. The highest BCUT2D eigenvalue weighted by Crippen LogP contribution is 2.39. The Labute approximate surface area is 232 Å². The Bertz CT molecular complexity index is 1350. The van der Waals surface area contributed by atoms with E-state index in [2.05, 4.69) is 0 Å². The second-order valence-corrected chi connectivity index (χ2v) is 10.9. The fourth-order valence-electron chi connectivity index (χ4n) is 4.82. The van der Waals surface area contributed by atoms with E-state index in [4.69, 9.17) is 0 Å². The van der Waals surface area contributed by atoms with Crippen molar-refractivity contribution < 1.29 is 35.9 Å². The third-order valence-corrected chi connectivity index (χ3v) is 8.20. The summed E-state index contributed by atoms with van der Waals surface area (Å²) in [5.74, 6) is -1.52. The molecule has 1 aliphatic heterocycles. The number of hydrogen-bond donors (Lipinski definition) is 0. The highest BCUT2D eigenvalue weighted by molar-refractivity contribution is 7.10. The van der Waals surface area contributed by atoms with Crippen molar-refractivity contribution in [3.05, 3.63) is 92.2 Å². The molecule has 0 aliphatic carbocycles. The number of aryl methyl sites for hydroxylation is 1. The van der Waals surface area contributed by atoms with Crippen molar-refractivity contribution in [3.8, 4) is 0 Å². The fourth-order valence-corrected chi connectivity index (χ4v) is 5.73. The van der Waals surface area contributed by atoms with Crippen molar-refractivity contribution in [2.24, 2.45) is 0 Å². The maximum Gasteiger partial charge on any atom is 0.416 e. The average molecular weight is 583 g/mol. The van der Waals surface area contributed by atoms with Crippen LogP contribution in [0.25, 0.3) is 0 Å². The van der Waals surface area contributed by atoms with Crippen LogP contribution in [0, 0.1) is 6.92 Å². The Kier molecular flexibility index (Phi) is 8.35. The van der Waals surface area contributed by atoms with Crippen molar-refractivity contribution >= 4 is 23.2 Å². The van der Waals surface area contributed by atoms with Crippen molar-refractivity contribution in [1.29, 1.82) is 0 Å². The quantitative estimate of drug-likeness (QED) is 0.282. The van der Waals surface area contributed by atoms with E-state index in [1.54, 1.807) is 30.1 Å². The molecule has 2 atom stereocenters. The first-order chi connectivity index (χ1) is 18.7. The molecule has 0 fully saturated rings. The molecule has 1 aliphatic rings. The van der Waals surface area contributed by atoms with Crippen molar-refractivity contribution in [3.63, 3.8) is 0 Å². The maximum absolute atomic E-state index is 13.8. The van der Waals surface area contributed by atoms with Crippen LogP contribution in [0.5, 0.6) is 0 Å². The number of carbonyl (C=O) groups is 2. The van der Waals surface area contributed by atoms with Crippen molar-refractivity contribution in [1.82, 2.24) is 9.80 Å². The van der Waals surface area contributed by atoms with Crippen LogP contribution >= 0.6 is 11.3 Å². The molecule has 0 saturated heterocycles. The number of amides is 2. The average Bonchev–Trinajstić information content (AvgIpc) is 3.38. The number of hydrogen-bond acceptors (Lipinski definition) is 3. The zero-order valence-corrected chi connectivity index (χ0v) is 22.9. The van der Waals surface area contributed by atoms with Crippen LogP contribution in [0.1, 0.15) is 69.4 Å². The van der Waals surface area contributed by atoms with Gasteiger partial charge >= 0.3 is 12.4 Å². The Morgan fingerprint density at radius 3 is 2.15 bits per heavy atom. The summed E-state index contributed by atoms with van der Waals surface area (Å²) >= 11 is 1.59. The molecule has 40 heavy (non-hydrogen) atoms. The molecule has 0 radical (unpaired) electrons. The van der Waals surface area contributed by atoms with E-state index >= 15 is 0 Å². The van der Waals surface area contributed by atoms with Crippen LogP contribution in [0.3, 0.4) is 0 Å². The number of benzene rings is 2. The number of carbonyl (C=O) groups excluding carboxylic acids is 2. The van der Waals surface area contributed by atoms with Gasteiger partial charge in [-0.2, -0.15) is 26.3 Å². The second-order valence-electron chi connectivity index (χ2n) is 9.93. The van der Waals surface area contributed by atoms with Crippen LogP contribution in [0.4, 0.5) is 26.3 Å². The van der Waals surface area contributed by atoms with Crippen LogP contribution in [0.15, 0.2) is 53.9 Å². The lowest BCUT2D eigenvalue weighted by atomic mass is 9.92.